The van der Waals surface area contributed by atoms with Gasteiger partial charge in [0, 0.05) is 21.9 Å². The highest BCUT2D eigenvalue weighted by Crippen LogP contribution is 2.29. The lowest BCUT2D eigenvalue weighted by molar-refractivity contribution is 0.398. The Kier molecular flexibility index (Phi) is 6.36. The summed E-state index contributed by atoms with van der Waals surface area (Å²) in [7, 11) is 1.68. The van der Waals surface area contributed by atoms with E-state index in [-0.39, 0.29) is 6.04 Å². The fourth-order valence-electron chi connectivity index (χ4n) is 2.03. The number of nitrogens with zero attached hydrogens (tertiary/aromatic N) is 1. The number of hydrogen-bond donors (Lipinski definition) is 1. The molecular weight excluding hydrogens is 304 g/mol. The van der Waals surface area contributed by atoms with Gasteiger partial charge in [0.05, 0.1) is 18.8 Å². The second-order valence-electron chi connectivity index (χ2n) is 4.47. The van der Waals surface area contributed by atoms with Crippen LogP contribution >= 0.6 is 23.4 Å². The summed E-state index contributed by atoms with van der Waals surface area (Å²) in [5.74, 6) is 1.70. The SMILES string of the molecule is CCNC(CSc1ccc(Cl)cc1)c1ncccc1OC. The largest absolute Gasteiger partial charge is 0.495 e. The topological polar surface area (TPSA) is 34.2 Å². The summed E-state index contributed by atoms with van der Waals surface area (Å²) in [6.45, 7) is 2.97. The van der Waals surface area contributed by atoms with E-state index in [0.717, 1.165) is 28.8 Å². The summed E-state index contributed by atoms with van der Waals surface area (Å²) in [5, 5.41) is 4.22. The molecule has 1 aromatic carbocycles. The Morgan fingerprint density at radius 1 is 1.29 bits per heavy atom. The third-order valence-corrected chi connectivity index (χ3v) is 4.39. The molecule has 0 bridgehead atoms. The summed E-state index contributed by atoms with van der Waals surface area (Å²) < 4.78 is 5.41. The van der Waals surface area contributed by atoms with E-state index in [1.54, 1.807) is 25.1 Å². The first-order valence-electron chi connectivity index (χ1n) is 6.85. The number of rotatable bonds is 7. The number of methoxy groups -OCH3 is 1. The lowest BCUT2D eigenvalue weighted by atomic mass is 10.2. The van der Waals surface area contributed by atoms with Crippen molar-refractivity contribution in [1.29, 1.82) is 0 Å². The van der Waals surface area contributed by atoms with Crippen molar-refractivity contribution < 1.29 is 4.74 Å². The van der Waals surface area contributed by atoms with Crippen LogP contribution in [0.2, 0.25) is 5.02 Å². The first kappa shape index (κ1) is 16.1. The van der Waals surface area contributed by atoms with Crippen molar-refractivity contribution in [3.8, 4) is 5.75 Å². The van der Waals surface area contributed by atoms with Gasteiger partial charge in [-0.2, -0.15) is 0 Å². The van der Waals surface area contributed by atoms with Crippen LogP contribution in [0.3, 0.4) is 0 Å². The van der Waals surface area contributed by atoms with Crippen molar-refractivity contribution in [1.82, 2.24) is 10.3 Å². The number of ether oxygens (including phenoxy) is 1. The molecule has 5 heteroatoms. The van der Waals surface area contributed by atoms with Gasteiger partial charge in [0.1, 0.15) is 5.75 Å². The maximum atomic E-state index is 5.91. The second-order valence-corrected chi connectivity index (χ2v) is 6.00. The summed E-state index contributed by atoms with van der Waals surface area (Å²) in [6.07, 6.45) is 1.80. The first-order chi connectivity index (χ1) is 10.2. The number of pyridine rings is 1. The molecule has 0 amide bonds. The summed E-state index contributed by atoms with van der Waals surface area (Å²) in [4.78, 5) is 5.66. The van der Waals surface area contributed by atoms with E-state index in [1.165, 1.54) is 4.90 Å². The van der Waals surface area contributed by atoms with E-state index < -0.39 is 0 Å². The summed E-state index contributed by atoms with van der Waals surface area (Å²) in [6, 6.07) is 11.9. The molecule has 0 radical (unpaired) electrons. The Labute approximate surface area is 135 Å². The highest BCUT2D eigenvalue weighted by atomic mass is 35.5. The van der Waals surface area contributed by atoms with Gasteiger partial charge in [0.15, 0.2) is 0 Å². The number of aromatic nitrogens is 1. The van der Waals surface area contributed by atoms with Crippen molar-refractivity contribution >= 4 is 23.4 Å². The minimum Gasteiger partial charge on any atom is -0.495 e. The van der Waals surface area contributed by atoms with E-state index in [0.29, 0.717) is 0 Å². The molecule has 2 aromatic rings. The highest BCUT2D eigenvalue weighted by molar-refractivity contribution is 7.99. The van der Waals surface area contributed by atoms with Crippen molar-refractivity contribution in [2.75, 3.05) is 19.4 Å². The zero-order valence-corrected chi connectivity index (χ0v) is 13.7. The van der Waals surface area contributed by atoms with Gasteiger partial charge in [0.25, 0.3) is 0 Å². The van der Waals surface area contributed by atoms with Crippen molar-refractivity contribution in [3.05, 3.63) is 53.3 Å². The molecule has 0 saturated carbocycles. The Morgan fingerprint density at radius 3 is 2.71 bits per heavy atom. The molecule has 1 unspecified atom stereocenters. The van der Waals surface area contributed by atoms with Gasteiger partial charge in [-0.1, -0.05) is 18.5 Å². The van der Waals surface area contributed by atoms with Crippen LogP contribution in [0.15, 0.2) is 47.5 Å². The second kappa shape index (κ2) is 8.27. The van der Waals surface area contributed by atoms with Crippen LogP contribution in [-0.2, 0) is 0 Å². The van der Waals surface area contributed by atoms with E-state index in [9.17, 15) is 0 Å². The first-order valence-corrected chi connectivity index (χ1v) is 8.21. The Hall–Kier alpha value is -1.23. The highest BCUT2D eigenvalue weighted by Gasteiger charge is 2.16. The molecule has 0 spiro atoms. The smallest absolute Gasteiger partial charge is 0.142 e. The molecule has 0 aliphatic carbocycles. The molecule has 2 rings (SSSR count). The van der Waals surface area contributed by atoms with Gasteiger partial charge in [-0.25, -0.2) is 0 Å². The van der Waals surface area contributed by atoms with Crippen LogP contribution in [0.25, 0.3) is 0 Å². The monoisotopic (exact) mass is 322 g/mol. The van der Waals surface area contributed by atoms with Crippen LogP contribution in [-0.4, -0.2) is 24.4 Å². The van der Waals surface area contributed by atoms with E-state index in [1.807, 2.05) is 36.4 Å². The lowest BCUT2D eigenvalue weighted by Crippen LogP contribution is -2.24. The Bertz CT molecular complexity index is 562. The molecule has 0 aliphatic heterocycles. The average molecular weight is 323 g/mol. The standard InChI is InChI=1S/C16H19ClN2OS/c1-3-18-14(16-15(20-2)5-4-10-19-16)11-21-13-8-6-12(17)7-9-13/h4-10,14,18H,3,11H2,1-2H3. The van der Waals surface area contributed by atoms with E-state index >= 15 is 0 Å². The third-order valence-electron chi connectivity index (χ3n) is 3.03. The van der Waals surface area contributed by atoms with Crippen LogP contribution in [0.5, 0.6) is 5.75 Å². The predicted molar refractivity (Wildman–Crippen MR) is 89.4 cm³/mol. The molecule has 0 saturated heterocycles. The quantitative estimate of drug-likeness (QED) is 0.775. The normalized spacial score (nSPS) is 12.1. The molecule has 0 aliphatic rings. The van der Waals surface area contributed by atoms with Gasteiger partial charge >= 0.3 is 0 Å². The number of nitrogens with one attached hydrogen (secondary N) is 1. The molecule has 1 heterocycles. The maximum Gasteiger partial charge on any atom is 0.142 e. The van der Waals surface area contributed by atoms with Crippen LogP contribution < -0.4 is 10.1 Å². The zero-order valence-electron chi connectivity index (χ0n) is 12.2. The summed E-state index contributed by atoms with van der Waals surface area (Å²) in [5.41, 5.74) is 0.948. The fraction of sp³-hybridized carbons (Fsp3) is 0.312. The lowest BCUT2D eigenvalue weighted by Gasteiger charge is -2.19. The van der Waals surface area contributed by atoms with Gasteiger partial charge < -0.3 is 10.1 Å². The van der Waals surface area contributed by atoms with Gasteiger partial charge in [0.2, 0.25) is 0 Å². The predicted octanol–water partition coefficient (Wildman–Crippen LogP) is 4.19. The van der Waals surface area contributed by atoms with E-state index in [4.69, 9.17) is 16.3 Å². The van der Waals surface area contributed by atoms with Crippen molar-refractivity contribution in [3.63, 3.8) is 0 Å². The van der Waals surface area contributed by atoms with Crippen LogP contribution in [0.1, 0.15) is 18.7 Å². The maximum absolute atomic E-state index is 5.91. The Balaban J connectivity index is 2.10. The minimum atomic E-state index is 0.145. The molecule has 112 valence electrons. The average Bonchev–Trinajstić information content (AvgIpc) is 2.53. The van der Waals surface area contributed by atoms with Gasteiger partial charge in [-0.3, -0.25) is 4.98 Å². The third kappa shape index (κ3) is 4.63. The number of halogens is 1. The van der Waals surface area contributed by atoms with Gasteiger partial charge in [-0.05, 0) is 42.9 Å². The number of benzene rings is 1. The number of thioether (sulfide) groups is 1. The van der Waals surface area contributed by atoms with Crippen LogP contribution in [0.4, 0.5) is 0 Å². The Morgan fingerprint density at radius 2 is 2.05 bits per heavy atom. The fourth-order valence-corrected chi connectivity index (χ4v) is 3.12. The molecule has 21 heavy (non-hydrogen) atoms. The minimum absolute atomic E-state index is 0.145. The number of hydrogen-bond acceptors (Lipinski definition) is 4. The molecular formula is C16H19ClN2OS. The zero-order chi connectivity index (χ0) is 15.1. The molecule has 0 fully saturated rings. The molecule has 1 aromatic heterocycles. The summed E-state index contributed by atoms with van der Waals surface area (Å²) >= 11 is 7.69. The van der Waals surface area contributed by atoms with Crippen molar-refractivity contribution in [2.24, 2.45) is 0 Å². The van der Waals surface area contributed by atoms with Crippen LogP contribution in [0, 0.1) is 0 Å². The molecule has 3 nitrogen and oxygen atoms in total. The van der Waals surface area contributed by atoms with Gasteiger partial charge in [-0.15, -0.1) is 11.8 Å². The molecule has 1 N–H and O–H groups in total. The van der Waals surface area contributed by atoms with Crippen molar-refractivity contribution in [2.45, 2.75) is 17.9 Å². The van der Waals surface area contributed by atoms with E-state index in [2.05, 4.69) is 17.2 Å². The molecule has 1 atom stereocenters.